The number of hydrogen-bond donors (Lipinski definition) is 0. The van der Waals surface area contributed by atoms with E-state index in [9.17, 15) is 0 Å². The number of rotatable bonds is 2. The molecule has 0 saturated carbocycles. The van der Waals surface area contributed by atoms with Gasteiger partial charge in [-0.2, -0.15) is 6.07 Å². The van der Waals surface area contributed by atoms with Crippen molar-refractivity contribution in [1.82, 2.24) is 0 Å². The van der Waals surface area contributed by atoms with Crippen molar-refractivity contribution in [2.45, 2.75) is 58.9 Å². The van der Waals surface area contributed by atoms with E-state index in [1.165, 1.54) is 34.7 Å². The summed E-state index contributed by atoms with van der Waals surface area (Å²) in [5.41, 5.74) is 3.04. The molecule has 22 heavy (non-hydrogen) atoms. The van der Waals surface area contributed by atoms with Gasteiger partial charge in [0.05, 0.1) is 0 Å². The zero-order chi connectivity index (χ0) is 14.5. The van der Waals surface area contributed by atoms with E-state index in [1.54, 1.807) is 0 Å². The Bertz CT molecular complexity index is 504. The third-order valence-electron chi connectivity index (χ3n) is 3.23. The van der Waals surface area contributed by atoms with Crippen LogP contribution >= 0.6 is 0 Å². The molecule has 0 spiro atoms. The summed E-state index contributed by atoms with van der Waals surface area (Å²) in [6.45, 7) is 11.1. The molecule has 0 aliphatic rings. The largest absolute Gasteiger partial charge is 0.358 e. The minimum atomic E-state index is 0. The average molecular weight is 479 g/mol. The molecular formula is C20H32HfSi-3. The molecule has 123 valence electrons. The van der Waals surface area contributed by atoms with E-state index in [4.69, 9.17) is 0 Å². The van der Waals surface area contributed by atoms with Gasteiger partial charge < -0.3 is 14.9 Å². The maximum atomic E-state index is 3.35. The minimum Gasteiger partial charge on any atom is -0.358 e. The van der Waals surface area contributed by atoms with Gasteiger partial charge in [-0.3, -0.25) is 0 Å². The van der Waals surface area contributed by atoms with Gasteiger partial charge in [0.2, 0.25) is 0 Å². The maximum absolute atomic E-state index is 3.35. The van der Waals surface area contributed by atoms with Crippen LogP contribution in [0.3, 0.4) is 0 Å². The Morgan fingerprint density at radius 2 is 1.73 bits per heavy atom. The SMILES string of the molecule is CCCC[Si].Cc1cc2c(C(C)(C)C)cccc2[cH-]1.[CH3-].[CH3-].[Hf]. The maximum Gasteiger partial charge on any atom is 0.0222 e. The van der Waals surface area contributed by atoms with Crippen molar-refractivity contribution in [3.05, 3.63) is 56.3 Å². The van der Waals surface area contributed by atoms with E-state index in [-0.39, 0.29) is 46.1 Å². The molecule has 0 atom stereocenters. The number of aryl methyl sites for hydroxylation is 1. The van der Waals surface area contributed by atoms with Gasteiger partial charge in [-0.15, -0.1) is 34.5 Å². The Morgan fingerprint density at radius 3 is 2.14 bits per heavy atom. The molecule has 0 nitrogen and oxygen atoms in total. The molecule has 3 radical (unpaired) electrons. The topological polar surface area (TPSA) is 0 Å². The van der Waals surface area contributed by atoms with Crippen LogP contribution in [0.5, 0.6) is 0 Å². The second-order valence-electron chi connectivity index (χ2n) is 6.19. The van der Waals surface area contributed by atoms with Crippen molar-refractivity contribution in [2.24, 2.45) is 0 Å². The van der Waals surface area contributed by atoms with Crippen molar-refractivity contribution < 1.29 is 25.8 Å². The molecule has 2 aromatic carbocycles. The number of hydrogen-bond acceptors (Lipinski definition) is 0. The number of unbranched alkanes of at least 4 members (excludes halogenated alkanes) is 1. The molecular weight excluding hydrogens is 447 g/mol. The first-order valence-electron chi connectivity index (χ1n) is 7.21. The summed E-state index contributed by atoms with van der Waals surface area (Å²) >= 11 is 0. The first-order valence-corrected chi connectivity index (χ1v) is 7.92. The van der Waals surface area contributed by atoms with Crippen LogP contribution in [0.25, 0.3) is 10.8 Å². The third-order valence-corrected chi connectivity index (χ3v) is 3.59. The molecule has 0 bridgehead atoms. The third kappa shape index (κ3) is 7.96. The van der Waals surface area contributed by atoms with Crippen molar-refractivity contribution >= 4 is 21.0 Å². The van der Waals surface area contributed by atoms with Crippen LogP contribution < -0.4 is 0 Å². The fourth-order valence-corrected chi connectivity index (χ4v) is 2.57. The summed E-state index contributed by atoms with van der Waals surface area (Å²) in [6, 6.07) is 12.3. The summed E-state index contributed by atoms with van der Waals surface area (Å²) in [7, 11) is 3.35. The Hall–Kier alpha value is -0.0830. The van der Waals surface area contributed by atoms with Gasteiger partial charge in [-0.25, -0.2) is 0 Å². The Morgan fingerprint density at radius 1 is 1.14 bits per heavy atom. The van der Waals surface area contributed by atoms with Crippen LogP contribution in [0, 0.1) is 21.8 Å². The first kappa shape index (κ1) is 26.8. The van der Waals surface area contributed by atoms with Crippen LogP contribution in [0.4, 0.5) is 0 Å². The quantitative estimate of drug-likeness (QED) is 0.344. The molecule has 0 N–H and O–H groups in total. The normalized spacial score (nSPS) is 9.73. The predicted molar refractivity (Wildman–Crippen MR) is 101 cm³/mol. The minimum absolute atomic E-state index is 0. The van der Waals surface area contributed by atoms with E-state index >= 15 is 0 Å². The zero-order valence-electron chi connectivity index (χ0n) is 15.5. The van der Waals surface area contributed by atoms with Crippen molar-refractivity contribution in [2.75, 3.05) is 0 Å². The van der Waals surface area contributed by atoms with Crippen LogP contribution in [0.1, 0.15) is 51.7 Å². The van der Waals surface area contributed by atoms with Gasteiger partial charge in [0, 0.05) is 36.1 Å². The van der Waals surface area contributed by atoms with Crippen LogP contribution in [-0.2, 0) is 31.3 Å². The molecule has 0 heterocycles. The summed E-state index contributed by atoms with van der Waals surface area (Å²) < 4.78 is 0. The Labute approximate surface area is 161 Å². The van der Waals surface area contributed by atoms with Crippen LogP contribution in [-0.4, -0.2) is 10.2 Å². The predicted octanol–water partition coefficient (Wildman–Crippen LogP) is 6.44. The molecule has 0 unspecified atom stereocenters. The summed E-state index contributed by atoms with van der Waals surface area (Å²) in [5, 5.41) is 2.78. The Kier molecular flexibility index (Phi) is 15.0. The standard InChI is InChI=1S/C14H17.C4H9Si.2CH3.Hf/c1-10-8-11-6-5-7-13(12(11)9-10)14(2,3)4;1-2-3-4-5;;;/h5-9H,1-4H3;2-4H2,1H3;2*1H3;/q-1;;2*-1;. The van der Waals surface area contributed by atoms with Gasteiger partial charge in [-0.05, 0) is 5.41 Å². The van der Waals surface area contributed by atoms with Gasteiger partial charge in [-0.1, -0.05) is 65.1 Å². The fraction of sp³-hybridized carbons (Fsp3) is 0.450. The molecule has 0 aromatic heterocycles. The second kappa shape index (κ2) is 12.4. The summed E-state index contributed by atoms with van der Waals surface area (Å²) in [6.07, 6.45) is 2.60. The molecule has 0 aliphatic carbocycles. The monoisotopic (exact) mass is 480 g/mol. The number of fused-ring (bicyclic) bond motifs is 1. The summed E-state index contributed by atoms with van der Waals surface area (Å²) in [4.78, 5) is 0. The van der Waals surface area contributed by atoms with Crippen molar-refractivity contribution in [1.29, 1.82) is 0 Å². The van der Waals surface area contributed by atoms with E-state index < -0.39 is 0 Å². The molecule has 0 aliphatic heterocycles. The molecule has 2 rings (SSSR count). The average Bonchev–Trinajstić information content (AvgIpc) is 2.69. The van der Waals surface area contributed by atoms with Crippen LogP contribution in [0.15, 0.2) is 30.3 Å². The molecule has 0 amide bonds. The van der Waals surface area contributed by atoms with Gasteiger partial charge in [0.1, 0.15) is 0 Å². The van der Waals surface area contributed by atoms with Crippen molar-refractivity contribution in [3.8, 4) is 0 Å². The van der Waals surface area contributed by atoms with E-state index in [0.29, 0.717) is 0 Å². The molecule has 2 heteroatoms. The van der Waals surface area contributed by atoms with Gasteiger partial charge in [0.15, 0.2) is 0 Å². The van der Waals surface area contributed by atoms with E-state index in [0.717, 1.165) is 6.04 Å². The summed E-state index contributed by atoms with van der Waals surface area (Å²) in [5.74, 6) is 0. The zero-order valence-corrected chi connectivity index (χ0v) is 20.1. The fourth-order valence-electron chi connectivity index (χ4n) is 2.22. The number of benzene rings is 1. The van der Waals surface area contributed by atoms with E-state index in [2.05, 4.69) is 75.2 Å². The first-order chi connectivity index (χ1) is 8.90. The second-order valence-corrected chi connectivity index (χ2v) is 6.69. The van der Waals surface area contributed by atoms with Crippen LogP contribution in [0.2, 0.25) is 6.04 Å². The van der Waals surface area contributed by atoms with Crippen molar-refractivity contribution in [3.63, 3.8) is 0 Å². The molecule has 2 aromatic rings. The van der Waals surface area contributed by atoms with E-state index in [1.807, 2.05) is 0 Å². The Balaban J connectivity index is -0.000000401. The smallest absolute Gasteiger partial charge is 0.0222 e. The van der Waals surface area contributed by atoms with Gasteiger partial charge in [0.25, 0.3) is 0 Å². The molecule has 0 saturated heterocycles. The molecule has 0 fully saturated rings. The van der Waals surface area contributed by atoms with Gasteiger partial charge >= 0.3 is 0 Å².